The standard InChI is InChI=1S/C20H28N6O/c1-27-20-8-5-17(15-21-20)16-24-11-13-26(14-12-24)19-7-6-18(22-23-19)25-9-3-2-4-10-25/h5-8,15H,2-4,9-14,16H2,1H3. The largest absolute Gasteiger partial charge is 0.481 e. The summed E-state index contributed by atoms with van der Waals surface area (Å²) in [6.07, 6.45) is 5.75. The second-order valence-electron chi connectivity index (χ2n) is 7.27. The molecule has 0 N–H and O–H groups in total. The molecule has 144 valence electrons. The van der Waals surface area contributed by atoms with Crippen molar-refractivity contribution in [2.75, 3.05) is 56.2 Å². The Morgan fingerprint density at radius 2 is 1.48 bits per heavy atom. The molecule has 0 atom stereocenters. The number of nitrogens with zero attached hydrogens (tertiary/aromatic N) is 6. The number of methoxy groups -OCH3 is 1. The molecule has 2 aromatic rings. The third-order valence-electron chi connectivity index (χ3n) is 5.43. The summed E-state index contributed by atoms with van der Waals surface area (Å²) < 4.78 is 5.12. The van der Waals surface area contributed by atoms with Crippen LogP contribution in [0.3, 0.4) is 0 Å². The summed E-state index contributed by atoms with van der Waals surface area (Å²) in [5.74, 6) is 2.67. The van der Waals surface area contributed by atoms with Crippen LogP contribution in [-0.2, 0) is 6.54 Å². The van der Waals surface area contributed by atoms with Crippen molar-refractivity contribution < 1.29 is 4.74 Å². The molecule has 0 bridgehead atoms. The van der Waals surface area contributed by atoms with E-state index in [4.69, 9.17) is 4.74 Å². The summed E-state index contributed by atoms with van der Waals surface area (Å²) in [4.78, 5) is 11.4. The number of piperidine rings is 1. The van der Waals surface area contributed by atoms with Gasteiger partial charge in [-0.1, -0.05) is 6.07 Å². The summed E-state index contributed by atoms with van der Waals surface area (Å²) in [6.45, 7) is 7.11. The minimum absolute atomic E-state index is 0.662. The third kappa shape index (κ3) is 4.47. The zero-order valence-electron chi connectivity index (χ0n) is 16.0. The molecule has 27 heavy (non-hydrogen) atoms. The lowest BCUT2D eigenvalue weighted by Gasteiger charge is -2.35. The van der Waals surface area contributed by atoms with Crippen LogP contribution in [0.1, 0.15) is 24.8 Å². The average molecular weight is 368 g/mol. The van der Waals surface area contributed by atoms with Crippen LogP contribution in [0.2, 0.25) is 0 Å². The Morgan fingerprint density at radius 1 is 0.815 bits per heavy atom. The zero-order chi connectivity index (χ0) is 18.5. The van der Waals surface area contributed by atoms with Gasteiger partial charge in [-0.3, -0.25) is 4.90 Å². The molecule has 0 radical (unpaired) electrons. The van der Waals surface area contributed by atoms with Crippen molar-refractivity contribution in [1.29, 1.82) is 0 Å². The second kappa shape index (κ2) is 8.52. The van der Waals surface area contributed by atoms with Crippen LogP contribution >= 0.6 is 0 Å². The van der Waals surface area contributed by atoms with Crippen molar-refractivity contribution in [1.82, 2.24) is 20.1 Å². The lowest BCUT2D eigenvalue weighted by Crippen LogP contribution is -2.46. The summed E-state index contributed by atoms with van der Waals surface area (Å²) in [5, 5.41) is 8.98. The van der Waals surface area contributed by atoms with Gasteiger partial charge in [-0.25, -0.2) is 4.98 Å². The smallest absolute Gasteiger partial charge is 0.212 e. The van der Waals surface area contributed by atoms with E-state index in [-0.39, 0.29) is 0 Å². The minimum Gasteiger partial charge on any atom is -0.481 e. The molecule has 2 saturated heterocycles. The molecule has 2 aliphatic heterocycles. The van der Waals surface area contributed by atoms with E-state index in [1.54, 1.807) is 7.11 Å². The Bertz CT molecular complexity index is 706. The summed E-state index contributed by atoms with van der Waals surface area (Å²) in [6, 6.07) is 8.26. The topological polar surface area (TPSA) is 57.6 Å². The first-order valence-electron chi connectivity index (χ1n) is 9.87. The monoisotopic (exact) mass is 368 g/mol. The molecule has 4 rings (SSSR count). The highest BCUT2D eigenvalue weighted by Gasteiger charge is 2.19. The van der Waals surface area contributed by atoms with Gasteiger partial charge in [-0.2, -0.15) is 0 Å². The maximum Gasteiger partial charge on any atom is 0.212 e. The van der Waals surface area contributed by atoms with E-state index >= 15 is 0 Å². The number of ether oxygens (including phenoxy) is 1. The highest BCUT2D eigenvalue weighted by atomic mass is 16.5. The molecule has 0 aromatic carbocycles. The highest BCUT2D eigenvalue weighted by Crippen LogP contribution is 2.20. The molecule has 7 heteroatoms. The predicted molar refractivity (Wildman–Crippen MR) is 106 cm³/mol. The maximum atomic E-state index is 5.12. The molecule has 0 unspecified atom stereocenters. The Hall–Kier alpha value is -2.41. The van der Waals surface area contributed by atoms with E-state index in [0.29, 0.717) is 5.88 Å². The molecule has 2 aromatic heterocycles. The van der Waals surface area contributed by atoms with E-state index in [0.717, 1.165) is 57.4 Å². The number of hydrogen-bond acceptors (Lipinski definition) is 7. The molecule has 0 spiro atoms. The first kappa shape index (κ1) is 18.0. The quantitative estimate of drug-likeness (QED) is 0.802. The molecule has 0 amide bonds. The molecule has 7 nitrogen and oxygen atoms in total. The fourth-order valence-corrected chi connectivity index (χ4v) is 3.80. The summed E-state index contributed by atoms with van der Waals surface area (Å²) in [7, 11) is 1.64. The van der Waals surface area contributed by atoms with Gasteiger partial charge in [0.1, 0.15) is 0 Å². The lowest BCUT2D eigenvalue weighted by atomic mass is 10.1. The van der Waals surface area contributed by atoms with Gasteiger partial charge < -0.3 is 14.5 Å². The van der Waals surface area contributed by atoms with Crippen LogP contribution in [0, 0.1) is 0 Å². The normalized spacial score (nSPS) is 18.6. The van der Waals surface area contributed by atoms with E-state index < -0.39 is 0 Å². The number of aromatic nitrogens is 3. The Morgan fingerprint density at radius 3 is 2.04 bits per heavy atom. The third-order valence-corrected chi connectivity index (χ3v) is 5.43. The van der Waals surface area contributed by atoms with Gasteiger partial charge in [0.05, 0.1) is 7.11 Å². The number of hydrogen-bond donors (Lipinski definition) is 0. The Labute approximate surface area is 161 Å². The van der Waals surface area contributed by atoms with Crippen LogP contribution < -0.4 is 14.5 Å². The molecule has 2 aliphatic rings. The van der Waals surface area contributed by atoms with Gasteiger partial charge in [0, 0.05) is 58.1 Å². The highest BCUT2D eigenvalue weighted by molar-refractivity contribution is 5.45. The van der Waals surface area contributed by atoms with Crippen molar-refractivity contribution in [3.8, 4) is 5.88 Å². The molecule has 0 aliphatic carbocycles. The first-order chi connectivity index (χ1) is 13.3. The Balaban J connectivity index is 1.29. The van der Waals surface area contributed by atoms with Crippen molar-refractivity contribution in [3.63, 3.8) is 0 Å². The van der Waals surface area contributed by atoms with Crippen molar-refractivity contribution >= 4 is 11.6 Å². The van der Waals surface area contributed by atoms with Crippen LogP contribution in [-0.4, -0.2) is 66.5 Å². The number of pyridine rings is 1. The number of rotatable bonds is 5. The van der Waals surface area contributed by atoms with Gasteiger partial charge in [0.2, 0.25) is 5.88 Å². The second-order valence-corrected chi connectivity index (χ2v) is 7.27. The molecular formula is C20H28N6O. The minimum atomic E-state index is 0.662. The van der Waals surface area contributed by atoms with Gasteiger partial charge in [-0.15, -0.1) is 10.2 Å². The lowest BCUT2D eigenvalue weighted by molar-refractivity contribution is 0.248. The van der Waals surface area contributed by atoms with E-state index in [2.05, 4.69) is 48.1 Å². The number of anilines is 2. The zero-order valence-corrected chi connectivity index (χ0v) is 16.0. The Kier molecular flexibility index (Phi) is 5.67. The van der Waals surface area contributed by atoms with E-state index in [1.807, 2.05) is 12.3 Å². The van der Waals surface area contributed by atoms with Crippen molar-refractivity contribution in [3.05, 3.63) is 36.0 Å². The SMILES string of the molecule is COc1ccc(CN2CCN(c3ccc(N4CCCCC4)nn3)CC2)cn1. The van der Waals surface area contributed by atoms with Gasteiger partial charge >= 0.3 is 0 Å². The molecule has 2 fully saturated rings. The van der Waals surface area contributed by atoms with Crippen LogP contribution in [0.4, 0.5) is 11.6 Å². The van der Waals surface area contributed by atoms with Crippen molar-refractivity contribution in [2.45, 2.75) is 25.8 Å². The van der Waals surface area contributed by atoms with E-state index in [9.17, 15) is 0 Å². The van der Waals surface area contributed by atoms with E-state index in [1.165, 1.54) is 24.8 Å². The molecular weight excluding hydrogens is 340 g/mol. The summed E-state index contributed by atoms with van der Waals surface area (Å²) in [5.41, 5.74) is 1.22. The first-order valence-corrected chi connectivity index (χ1v) is 9.87. The summed E-state index contributed by atoms with van der Waals surface area (Å²) >= 11 is 0. The fraction of sp³-hybridized carbons (Fsp3) is 0.550. The molecule has 4 heterocycles. The average Bonchev–Trinajstić information content (AvgIpc) is 2.76. The van der Waals surface area contributed by atoms with Crippen LogP contribution in [0.5, 0.6) is 5.88 Å². The molecule has 0 saturated carbocycles. The fourth-order valence-electron chi connectivity index (χ4n) is 3.80. The predicted octanol–water partition coefficient (Wildman–Crippen LogP) is 2.19. The van der Waals surface area contributed by atoms with Gasteiger partial charge in [-0.05, 0) is 37.0 Å². The van der Waals surface area contributed by atoms with Crippen molar-refractivity contribution in [2.24, 2.45) is 0 Å². The number of piperazine rings is 1. The van der Waals surface area contributed by atoms with Crippen LogP contribution in [0.15, 0.2) is 30.5 Å². The maximum absolute atomic E-state index is 5.12. The van der Waals surface area contributed by atoms with Crippen LogP contribution in [0.25, 0.3) is 0 Å². The van der Waals surface area contributed by atoms with Gasteiger partial charge in [0.15, 0.2) is 11.6 Å². The van der Waals surface area contributed by atoms with Gasteiger partial charge in [0.25, 0.3) is 0 Å².